The zero-order valence-electron chi connectivity index (χ0n) is 17.9. The average molecular weight is 368 g/mol. The van der Waals surface area contributed by atoms with Crippen LogP contribution in [0.25, 0.3) is 0 Å². The Labute approximate surface area is 163 Å². The molecule has 0 aliphatic heterocycles. The monoisotopic (exact) mass is 367 g/mol. The second-order valence-electron chi connectivity index (χ2n) is 7.83. The molecule has 0 aliphatic carbocycles. The van der Waals surface area contributed by atoms with E-state index in [4.69, 9.17) is 4.74 Å². The van der Waals surface area contributed by atoms with Gasteiger partial charge in [0.1, 0.15) is 6.61 Å². The molecule has 1 atom stereocenters. The van der Waals surface area contributed by atoms with Crippen molar-refractivity contribution < 1.29 is 9.53 Å². The summed E-state index contributed by atoms with van der Waals surface area (Å²) in [4.78, 5) is 11.3. The maximum Gasteiger partial charge on any atom is 0.333 e. The van der Waals surface area contributed by atoms with Crippen LogP contribution in [0.5, 0.6) is 0 Å². The van der Waals surface area contributed by atoms with Crippen LogP contribution in [-0.4, -0.2) is 25.2 Å². The maximum absolute atomic E-state index is 11.3. The Morgan fingerprint density at radius 3 is 1.69 bits per heavy atom. The van der Waals surface area contributed by atoms with Crippen molar-refractivity contribution in [2.45, 2.75) is 117 Å². The topological polar surface area (TPSA) is 38.3 Å². The highest BCUT2D eigenvalue weighted by atomic mass is 16.5. The molecule has 0 bridgehead atoms. The van der Waals surface area contributed by atoms with E-state index in [2.05, 4.69) is 25.7 Å². The molecule has 0 aromatic rings. The molecule has 3 nitrogen and oxygen atoms in total. The summed E-state index contributed by atoms with van der Waals surface area (Å²) < 4.78 is 5.14. The Balaban J connectivity index is 3.19. The van der Waals surface area contributed by atoms with Crippen LogP contribution in [-0.2, 0) is 9.53 Å². The molecule has 1 unspecified atom stereocenters. The van der Waals surface area contributed by atoms with Crippen molar-refractivity contribution in [1.82, 2.24) is 5.32 Å². The smallest absolute Gasteiger partial charge is 0.333 e. The lowest BCUT2D eigenvalue weighted by atomic mass is 10.0. The molecule has 0 radical (unpaired) electrons. The van der Waals surface area contributed by atoms with Crippen molar-refractivity contribution in [3.05, 3.63) is 12.2 Å². The number of esters is 1. The first-order chi connectivity index (χ1) is 12.6. The van der Waals surface area contributed by atoms with Gasteiger partial charge in [0, 0.05) is 11.6 Å². The number of hydrogen-bond donors (Lipinski definition) is 1. The van der Waals surface area contributed by atoms with E-state index in [1.165, 1.54) is 89.9 Å². The lowest BCUT2D eigenvalue weighted by Crippen LogP contribution is -2.32. The standard InChI is InChI=1S/C23H45NO2/c1-5-6-7-8-9-10-11-12-13-14-15-16-17-18-19-24-22(4)20-26-23(25)21(2)3/h22,24H,2,5-20H2,1,3-4H3. The summed E-state index contributed by atoms with van der Waals surface area (Å²) in [6.45, 7) is 11.0. The minimum Gasteiger partial charge on any atom is -0.461 e. The average Bonchev–Trinajstić information content (AvgIpc) is 2.62. The molecular formula is C23H45NO2. The molecule has 0 fully saturated rings. The van der Waals surface area contributed by atoms with E-state index in [-0.39, 0.29) is 12.0 Å². The molecule has 3 heteroatoms. The summed E-state index contributed by atoms with van der Waals surface area (Å²) in [6, 6.07) is 0.209. The Hall–Kier alpha value is -0.830. The van der Waals surface area contributed by atoms with Gasteiger partial charge in [0.05, 0.1) is 0 Å². The lowest BCUT2D eigenvalue weighted by Gasteiger charge is -2.14. The second kappa shape index (κ2) is 18.9. The van der Waals surface area contributed by atoms with E-state index < -0.39 is 0 Å². The highest BCUT2D eigenvalue weighted by Crippen LogP contribution is 2.12. The highest BCUT2D eigenvalue weighted by Gasteiger charge is 2.06. The fourth-order valence-electron chi connectivity index (χ4n) is 3.05. The van der Waals surface area contributed by atoms with Gasteiger partial charge in [-0.1, -0.05) is 97.0 Å². The second-order valence-corrected chi connectivity index (χ2v) is 7.83. The fourth-order valence-corrected chi connectivity index (χ4v) is 3.05. The van der Waals surface area contributed by atoms with Crippen LogP contribution in [0.1, 0.15) is 111 Å². The van der Waals surface area contributed by atoms with Crippen LogP contribution in [0, 0.1) is 0 Å². The number of carbonyl (C=O) groups is 1. The van der Waals surface area contributed by atoms with E-state index in [1.54, 1.807) is 6.92 Å². The summed E-state index contributed by atoms with van der Waals surface area (Å²) in [5, 5.41) is 3.41. The first kappa shape index (κ1) is 25.2. The molecular weight excluding hydrogens is 322 g/mol. The fraction of sp³-hybridized carbons (Fsp3) is 0.870. The lowest BCUT2D eigenvalue weighted by molar-refractivity contribution is -0.139. The van der Waals surface area contributed by atoms with Gasteiger partial charge >= 0.3 is 5.97 Å². The zero-order valence-corrected chi connectivity index (χ0v) is 17.9. The minimum absolute atomic E-state index is 0.209. The van der Waals surface area contributed by atoms with E-state index in [0.29, 0.717) is 12.2 Å². The van der Waals surface area contributed by atoms with Crippen LogP contribution >= 0.6 is 0 Å². The largest absolute Gasteiger partial charge is 0.461 e. The molecule has 0 heterocycles. The van der Waals surface area contributed by atoms with Gasteiger partial charge in [0.2, 0.25) is 0 Å². The van der Waals surface area contributed by atoms with Gasteiger partial charge in [-0.15, -0.1) is 0 Å². The van der Waals surface area contributed by atoms with Crippen molar-refractivity contribution in [3.8, 4) is 0 Å². The molecule has 0 aromatic heterocycles. The minimum atomic E-state index is -0.296. The van der Waals surface area contributed by atoms with Gasteiger partial charge in [-0.3, -0.25) is 0 Å². The summed E-state index contributed by atoms with van der Waals surface area (Å²) >= 11 is 0. The summed E-state index contributed by atoms with van der Waals surface area (Å²) in [6.07, 6.45) is 19.4. The summed E-state index contributed by atoms with van der Waals surface area (Å²) in [5.74, 6) is -0.296. The number of nitrogens with one attached hydrogen (secondary N) is 1. The maximum atomic E-state index is 11.3. The van der Waals surface area contributed by atoms with E-state index in [9.17, 15) is 4.79 Å². The molecule has 0 rings (SSSR count). The number of hydrogen-bond acceptors (Lipinski definition) is 3. The van der Waals surface area contributed by atoms with Crippen molar-refractivity contribution in [3.63, 3.8) is 0 Å². The van der Waals surface area contributed by atoms with Crippen molar-refractivity contribution in [2.75, 3.05) is 13.2 Å². The predicted molar refractivity (Wildman–Crippen MR) is 114 cm³/mol. The quantitative estimate of drug-likeness (QED) is 0.159. The van der Waals surface area contributed by atoms with Gasteiger partial charge < -0.3 is 10.1 Å². The van der Waals surface area contributed by atoms with Crippen LogP contribution in [0.2, 0.25) is 0 Å². The molecule has 0 saturated heterocycles. The number of rotatable bonds is 19. The third-order valence-corrected chi connectivity index (χ3v) is 4.84. The molecule has 26 heavy (non-hydrogen) atoms. The Morgan fingerprint density at radius 2 is 1.27 bits per heavy atom. The van der Waals surface area contributed by atoms with Crippen LogP contribution in [0.15, 0.2) is 12.2 Å². The van der Waals surface area contributed by atoms with Crippen molar-refractivity contribution >= 4 is 5.97 Å². The summed E-state index contributed by atoms with van der Waals surface area (Å²) in [5.41, 5.74) is 0.462. The molecule has 154 valence electrons. The number of carbonyl (C=O) groups excluding carboxylic acids is 1. The molecule has 0 aromatic carbocycles. The first-order valence-electron chi connectivity index (χ1n) is 11.1. The SMILES string of the molecule is C=C(C)C(=O)OCC(C)NCCCCCCCCCCCCCCCC. The first-order valence-corrected chi connectivity index (χ1v) is 11.1. The number of unbranched alkanes of at least 4 members (excludes halogenated alkanes) is 13. The van der Waals surface area contributed by atoms with Gasteiger partial charge in [-0.25, -0.2) is 4.79 Å². The van der Waals surface area contributed by atoms with Crippen LogP contribution in [0.3, 0.4) is 0 Å². The Morgan fingerprint density at radius 1 is 0.846 bits per heavy atom. The van der Waals surface area contributed by atoms with Gasteiger partial charge in [0.25, 0.3) is 0 Å². The summed E-state index contributed by atoms with van der Waals surface area (Å²) in [7, 11) is 0. The molecule has 0 spiro atoms. The van der Waals surface area contributed by atoms with E-state index in [1.807, 2.05) is 0 Å². The normalized spacial score (nSPS) is 12.1. The Bertz CT molecular complexity index is 341. The van der Waals surface area contributed by atoms with Crippen LogP contribution in [0.4, 0.5) is 0 Å². The highest BCUT2D eigenvalue weighted by molar-refractivity contribution is 5.86. The van der Waals surface area contributed by atoms with E-state index >= 15 is 0 Å². The Kier molecular flexibility index (Phi) is 18.3. The third-order valence-electron chi connectivity index (χ3n) is 4.84. The molecule has 0 saturated carbocycles. The van der Waals surface area contributed by atoms with Gasteiger partial charge in [-0.05, 0) is 26.8 Å². The van der Waals surface area contributed by atoms with E-state index in [0.717, 1.165) is 6.54 Å². The number of ether oxygens (including phenoxy) is 1. The predicted octanol–water partition coefficient (Wildman–Crippen LogP) is 6.57. The third kappa shape index (κ3) is 18.0. The van der Waals surface area contributed by atoms with Gasteiger partial charge in [0.15, 0.2) is 0 Å². The molecule has 0 amide bonds. The molecule has 1 N–H and O–H groups in total. The molecule has 0 aliphatic rings. The van der Waals surface area contributed by atoms with Crippen LogP contribution < -0.4 is 5.32 Å². The van der Waals surface area contributed by atoms with Crippen molar-refractivity contribution in [2.24, 2.45) is 0 Å². The zero-order chi connectivity index (χ0) is 19.5. The van der Waals surface area contributed by atoms with Gasteiger partial charge in [-0.2, -0.15) is 0 Å². The van der Waals surface area contributed by atoms with Crippen molar-refractivity contribution in [1.29, 1.82) is 0 Å².